The number of carbonyl (C=O) groups excluding carboxylic acids is 5. The molecule has 5 amide bonds. The third-order valence-corrected chi connectivity index (χ3v) is 11.3. The molecule has 61 heavy (non-hydrogen) atoms. The normalized spacial score (nSPS) is 19.1. The Hall–Kier alpha value is -6.62. The quantitative estimate of drug-likeness (QED) is 0.0841. The Balaban J connectivity index is 1.36. The number of amides is 5. The zero-order valence-electron chi connectivity index (χ0n) is 32.9. The van der Waals surface area contributed by atoms with E-state index in [0.717, 1.165) is 16.7 Å². The zero-order valence-corrected chi connectivity index (χ0v) is 34.5. The lowest BCUT2D eigenvalue weighted by Crippen LogP contribution is -2.59. The number of carbonyl (C=O) groups is 5. The first kappa shape index (κ1) is 43.9. The highest BCUT2D eigenvalue weighted by molar-refractivity contribution is 7.85. The van der Waals surface area contributed by atoms with Crippen LogP contribution in [0.2, 0.25) is 0 Å². The average molecular weight is 864 g/mol. The van der Waals surface area contributed by atoms with Gasteiger partial charge in [0.25, 0.3) is 16.0 Å². The van der Waals surface area contributed by atoms with Crippen LogP contribution in [0.4, 0.5) is 0 Å². The third kappa shape index (κ3) is 12.9. The molecular weight excluding hydrogens is 819 g/mol. The van der Waals surface area contributed by atoms with Crippen molar-refractivity contribution in [2.24, 2.45) is 0 Å². The van der Waals surface area contributed by atoms with Crippen LogP contribution in [0.3, 0.4) is 0 Å². The van der Waals surface area contributed by atoms with Crippen molar-refractivity contribution in [3.63, 3.8) is 0 Å². The molecule has 6 N–H and O–H groups in total. The molecule has 7 rings (SSSR count). The van der Waals surface area contributed by atoms with Crippen molar-refractivity contribution in [1.82, 2.24) is 26.6 Å². The van der Waals surface area contributed by atoms with Gasteiger partial charge in [0.1, 0.15) is 35.8 Å². The number of rotatable bonds is 11. The van der Waals surface area contributed by atoms with E-state index in [2.05, 4.69) is 33.2 Å². The van der Waals surface area contributed by atoms with Crippen molar-refractivity contribution < 1.29 is 41.7 Å². The van der Waals surface area contributed by atoms with E-state index in [-0.39, 0.29) is 30.6 Å². The van der Waals surface area contributed by atoms with E-state index in [4.69, 9.17) is 4.74 Å². The van der Waals surface area contributed by atoms with Crippen LogP contribution in [0.1, 0.15) is 28.0 Å². The summed E-state index contributed by atoms with van der Waals surface area (Å²) in [5, 5.41) is 14.9. The average Bonchev–Trinajstić information content (AvgIpc) is 3.81. The SMILES string of the molecule is C=C(c1cccs1)[C@@H]1NC(=O)COc2ccc(cc2)C[C@@H](C(=O)NCS(=O)(=O)O)NC(=O)[C@H](CCc2ccccc2)NC(=O)[C@@H](Cc2ccc(-c3ccccc3)cc2)NC1=O. The number of fused-ring (bicyclic) bond motifs is 16. The Morgan fingerprint density at radius 3 is 2.03 bits per heavy atom. The molecule has 0 saturated heterocycles. The van der Waals surface area contributed by atoms with Crippen LogP contribution in [-0.2, 0) is 53.4 Å². The summed E-state index contributed by atoms with van der Waals surface area (Å²) < 4.78 is 38.1. The molecule has 0 unspecified atom stereocenters. The molecule has 316 valence electrons. The van der Waals surface area contributed by atoms with Crippen molar-refractivity contribution in [2.45, 2.75) is 49.9 Å². The van der Waals surface area contributed by atoms with E-state index < -0.39 is 76.3 Å². The number of benzene rings is 4. The topological polar surface area (TPSA) is 209 Å². The predicted octanol–water partition coefficient (Wildman–Crippen LogP) is 3.84. The molecule has 16 heteroatoms. The maximum atomic E-state index is 14.5. The van der Waals surface area contributed by atoms with E-state index in [1.807, 2.05) is 84.9 Å². The fourth-order valence-corrected chi connectivity index (χ4v) is 7.71. The van der Waals surface area contributed by atoms with Crippen LogP contribution in [0.15, 0.2) is 133 Å². The summed E-state index contributed by atoms with van der Waals surface area (Å²) in [6, 6.07) is 30.9. The highest BCUT2D eigenvalue weighted by Crippen LogP contribution is 2.24. The first-order chi connectivity index (χ1) is 29.3. The lowest BCUT2D eigenvalue weighted by atomic mass is 9.98. The Bertz CT molecular complexity index is 2430. The largest absolute Gasteiger partial charge is 0.484 e. The van der Waals surface area contributed by atoms with Crippen molar-refractivity contribution >= 4 is 56.6 Å². The predicted molar refractivity (Wildman–Crippen MR) is 232 cm³/mol. The van der Waals surface area contributed by atoms with Crippen LogP contribution in [0.25, 0.3) is 16.7 Å². The molecule has 1 aromatic heterocycles. The third-order valence-electron chi connectivity index (χ3n) is 9.88. The van der Waals surface area contributed by atoms with Crippen LogP contribution in [0.5, 0.6) is 5.75 Å². The van der Waals surface area contributed by atoms with Gasteiger partial charge in [-0.1, -0.05) is 110 Å². The Kier molecular flexibility index (Phi) is 14.8. The van der Waals surface area contributed by atoms with Crippen molar-refractivity contribution in [1.29, 1.82) is 0 Å². The second kappa shape index (κ2) is 20.6. The van der Waals surface area contributed by atoms with E-state index in [0.29, 0.717) is 22.4 Å². The van der Waals surface area contributed by atoms with Crippen molar-refractivity contribution in [2.75, 3.05) is 12.5 Å². The second-order valence-electron chi connectivity index (χ2n) is 14.4. The molecule has 2 aliphatic heterocycles. The Morgan fingerprint density at radius 2 is 1.38 bits per heavy atom. The molecule has 0 radical (unpaired) electrons. The minimum Gasteiger partial charge on any atom is -0.484 e. The second-order valence-corrected chi connectivity index (χ2v) is 16.8. The summed E-state index contributed by atoms with van der Waals surface area (Å²) in [6.45, 7) is 3.64. The van der Waals surface area contributed by atoms with Gasteiger partial charge in [-0.2, -0.15) is 8.42 Å². The highest BCUT2D eigenvalue weighted by atomic mass is 32.2. The minimum absolute atomic E-state index is 0.0242. The summed E-state index contributed by atoms with van der Waals surface area (Å²) in [5.41, 5.74) is 4.25. The van der Waals surface area contributed by atoms with Gasteiger partial charge in [-0.3, -0.25) is 28.5 Å². The van der Waals surface area contributed by atoms with Gasteiger partial charge in [-0.25, -0.2) is 0 Å². The van der Waals surface area contributed by atoms with Gasteiger partial charge in [0.05, 0.1) is 0 Å². The number of ether oxygens (including phenoxy) is 1. The number of hydrogen-bond acceptors (Lipinski definition) is 9. The van der Waals surface area contributed by atoms with Gasteiger partial charge in [-0.15, -0.1) is 11.3 Å². The molecule has 4 atom stereocenters. The van der Waals surface area contributed by atoms with Crippen LogP contribution in [-0.4, -0.2) is 79.2 Å². The van der Waals surface area contributed by atoms with Crippen molar-refractivity contribution in [3.05, 3.63) is 155 Å². The molecule has 0 fully saturated rings. The monoisotopic (exact) mass is 863 g/mol. The van der Waals surface area contributed by atoms with Crippen LogP contribution >= 0.6 is 11.3 Å². The van der Waals surface area contributed by atoms with Gasteiger partial charge >= 0.3 is 0 Å². The minimum atomic E-state index is -4.61. The molecule has 3 heterocycles. The smallest absolute Gasteiger partial charge is 0.283 e. The molecule has 14 nitrogen and oxygen atoms in total. The molecule has 0 saturated carbocycles. The fraction of sp³-hybridized carbons (Fsp3) is 0.222. The first-order valence-electron chi connectivity index (χ1n) is 19.4. The number of thiophene rings is 1. The Labute approximate surface area is 357 Å². The summed E-state index contributed by atoms with van der Waals surface area (Å²) in [5.74, 6) is -4.62. The van der Waals surface area contributed by atoms with Gasteiger partial charge in [0.15, 0.2) is 6.61 Å². The highest BCUT2D eigenvalue weighted by Gasteiger charge is 2.33. The molecule has 2 bridgehead atoms. The van der Waals surface area contributed by atoms with E-state index in [1.165, 1.54) is 11.3 Å². The van der Waals surface area contributed by atoms with Gasteiger partial charge in [0, 0.05) is 17.7 Å². The Morgan fingerprint density at radius 1 is 0.738 bits per heavy atom. The van der Waals surface area contributed by atoms with Crippen LogP contribution < -0.4 is 31.3 Å². The van der Waals surface area contributed by atoms with E-state index in [1.54, 1.807) is 41.8 Å². The summed E-state index contributed by atoms with van der Waals surface area (Å²) in [7, 11) is -4.61. The first-order valence-corrected chi connectivity index (χ1v) is 21.9. The number of aryl methyl sites for hydroxylation is 1. The molecule has 4 aromatic carbocycles. The van der Waals surface area contributed by atoms with Crippen molar-refractivity contribution in [3.8, 4) is 16.9 Å². The molecule has 5 aromatic rings. The molecule has 2 aliphatic rings. The molecule has 0 aliphatic carbocycles. The maximum Gasteiger partial charge on any atom is 0.283 e. The standard InChI is InChI=1S/C45H45N5O9S2/c1-29(39-13-8-24-60-39)41-45(55)49-38(26-31-14-19-34(20-15-31)33-11-6-3-7-12-33)44(54)47-36(23-18-30-9-4-2-5-10-30)43(53)48-37(42(52)46-28-61(56,57)58)25-32-16-21-35(22-17-32)59-27-40(51)50-41/h2-17,19-22,24,36-38,41H,1,18,23,25-28H2,(H,46,52)(H,47,54)(H,48,53)(H,49,55)(H,50,51)(H,56,57,58)/t36-,37-,38+,41-/m0/s1. The van der Waals surface area contributed by atoms with Gasteiger partial charge in [0.2, 0.25) is 23.6 Å². The maximum absolute atomic E-state index is 14.5. The number of nitrogens with one attached hydrogen (secondary N) is 5. The lowest BCUT2D eigenvalue weighted by Gasteiger charge is -2.27. The van der Waals surface area contributed by atoms with Crippen LogP contribution in [0, 0.1) is 0 Å². The number of hydrogen-bond donors (Lipinski definition) is 6. The molecule has 0 spiro atoms. The summed E-state index contributed by atoms with van der Waals surface area (Å²) >= 11 is 1.32. The van der Waals surface area contributed by atoms with Gasteiger partial charge < -0.3 is 31.3 Å². The zero-order chi connectivity index (χ0) is 43.4. The molecular formula is C45H45N5O9S2. The summed E-state index contributed by atoms with van der Waals surface area (Å²) in [4.78, 5) is 70.5. The van der Waals surface area contributed by atoms with Gasteiger partial charge in [-0.05, 0) is 69.8 Å². The lowest BCUT2D eigenvalue weighted by molar-refractivity contribution is -0.134. The summed E-state index contributed by atoms with van der Waals surface area (Å²) in [6.07, 6.45) is 0.233. The van der Waals surface area contributed by atoms with E-state index in [9.17, 15) is 36.9 Å². The van der Waals surface area contributed by atoms with E-state index >= 15 is 0 Å². The fourth-order valence-electron chi connectivity index (χ4n) is 6.65.